The summed E-state index contributed by atoms with van der Waals surface area (Å²) in [6, 6.07) is 9.66. The van der Waals surface area contributed by atoms with Crippen molar-refractivity contribution in [2.75, 3.05) is 25.5 Å². The Morgan fingerprint density at radius 3 is 2.24 bits per heavy atom. The van der Waals surface area contributed by atoms with Crippen molar-refractivity contribution < 1.29 is 8.42 Å². The Morgan fingerprint density at radius 2 is 1.67 bits per heavy atom. The van der Waals surface area contributed by atoms with E-state index in [0.29, 0.717) is 32.1 Å². The van der Waals surface area contributed by atoms with Gasteiger partial charge in [-0.1, -0.05) is 43.2 Å². The minimum atomic E-state index is -3.43. The standard InChI is InChI=1S/C15H23ClN2O2S/c16-10-13-18(14-15-8-4-3-5-9-15)21(19,20)17-11-6-1-2-7-12-17/h3-5,8-9H,1-2,6-7,10-14H2. The van der Waals surface area contributed by atoms with Crippen molar-refractivity contribution in [1.29, 1.82) is 0 Å². The monoisotopic (exact) mass is 330 g/mol. The lowest BCUT2D eigenvalue weighted by atomic mass is 10.2. The van der Waals surface area contributed by atoms with Crippen molar-refractivity contribution in [2.45, 2.75) is 32.2 Å². The molecule has 0 atom stereocenters. The Kier molecular flexibility index (Phi) is 6.48. The minimum Gasteiger partial charge on any atom is -0.195 e. The molecule has 2 rings (SSSR count). The molecule has 1 aliphatic rings. The first-order valence-corrected chi connectivity index (χ1v) is 9.43. The van der Waals surface area contributed by atoms with Gasteiger partial charge in [0.15, 0.2) is 0 Å². The van der Waals surface area contributed by atoms with E-state index in [0.717, 1.165) is 31.2 Å². The van der Waals surface area contributed by atoms with Crippen LogP contribution >= 0.6 is 11.6 Å². The Bertz CT molecular complexity index is 514. The van der Waals surface area contributed by atoms with Crippen LogP contribution in [0.4, 0.5) is 0 Å². The molecule has 0 saturated carbocycles. The topological polar surface area (TPSA) is 40.6 Å². The molecule has 6 heteroatoms. The van der Waals surface area contributed by atoms with Gasteiger partial charge < -0.3 is 0 Å². The van der Waals surface area contributed by atoms with E-state index in [4.69, 9.17) is 11.6 Å². The number of rotatable bonds is 6. The van der Waals surface area contributed by atoms with Crippen LogP contribution in [0.2, 0.25) is 0 Å². The Balaban J connectivity index is 2.15. The Morgan fingerprint density at radius 1 is 1.05 bits per heavy atom. The van der Waals surface area contributed by atoms with Gasteiger partial charge in [0.05, 0.1) is 0 Å². The molecular weight excluding hydrogens is 308 g/mol. The number of halogens is 1. The lowest BCUT2D eigenvalue weighted by Crippen LogP contribution is -2.44. The van der Waals surface area contributed by atoms with Crippen LogP contribution in [0.3, 0.4) is 0 Å². The van der Waals surface area contributed by atoms with Gasteiger partial charge in [0.1, 0.15) is 0 Å². The number of alkyl halides is 1. The predicted molar refractivity (Wildman–Crippen MR) is 86.5 cm³/mol. The molecule has 21 heavy (non-hydrogen) atoms. The zero-order valence-corrected chi connectivity index (χ0v) is 13.8. The fourth-order valence-corrected chi connectivity index (χ4v) is 4.58. The first-order valence-electron chi connectivity index (χ1n) is 7.49. The van der Waals surface area contributed by atoms with Crippen LogP contribution in [0.25, 0.3) is 0 Å². The quantitative estimate of drug-likeness (QED) is 0.752. The maximum atomic E-state index is 12.8. The molecule has 0 radical (unpaired) electrons. The highest BCUT2D eigenvalue weighted by Crippen LogP contribution is 2.18. The first kappa shape index (κ1) is 16.7. The third-order valence-electron chi connectivity index (χ3n) is 3.75. The van der Waals surface area contributed by atoms with E-state index >= 15 is 0 Å². The highest BCUT2D eigenvalue weighted by Gasteiger charge is 2.29. The molecule has 118 valence electrons. The molecule has 0 N–H and O–H groups in total. The van der Waals surface area contributed by atoms with Crippen LogP contribution in [0.1, 0.15) is 31.2 Å². The third kappa shape index (κ3) is 4.68. The molecule has 1 aliphatic heterocycles. The second kappa shape index (κ2) is 8.13. The molecule has 1 saturated heterocycles. The number of benzene rings is 1. The van der Waals surface area contributed by atoms with Gasteiger partial charge in [-0.15, -0.1) is 11.6 Å². The smallest absolute Gasteiger partial charge is 0.195 e. The van der Waals surface area contributed by atoms with Crippen LogP contribution in [0.5, 0.6) is 0 Å². The Hall–Kier alpha value is -0.620. The van der Waals surface area contributed by atoms with E-state index in [1.165, 1.54) is 4.31 Å². The second-order valence-corrected chi connectivity index (χ2v) is 7.64. The van der Waals surface area contributed by atoms with Crippen LogP contribution in [0, 0.1) is 0 Å². The summed E-state index contributed by atoms with van der Waals surface area (Å²) in [6.45, 7) is 1.97. The van der Waals surface area contributed by atoms with Crippen molar-refractivity contribution in [1.82, 2.24) is 8.61 Å². The highest BCUT2D eigenvalue weighted by molar-refractivity contribution is 7.86. The predicted octanol–water partition coefficient (Wildman–Crippen LogP) is 2.85. The molecule has 1 aromatic rings. The molecule has 1 aromatic carbocycles. The van der Waals surface area contributed by atoms with Crippen molar-refractivity contribution in [3.63, 3.8) is 0 Å². The van der Waals surface area contributed by atoms with Crippen molar-refractivity contribution in [3.8, 4) is 0 Å². The van der Waals surface area contributed by atoms with Crippen LogP contribution in [-0.4, -0.2) is 42.5 Å². The molecule has 0 aromatic heterocycles. The van der Waals surface area contributed by atoms with Gasteiger partial charge in [0.25, 0.3) is 10.2 Å². The summed E-state index contributed by atoms with van der Waals surface area (Å²) in [7, 11) is -3.43. The average molecular weight is 331 g/mol. The van der Waals surface area contributed by atoms with Crippen molar-refractivity contribution >= 4 is 21.8 Å². The summed E-state index contributed by atoms with van der Waals surface area (Å²) >= 11 is 5.82. The molecule has 0 aliphatic carbocycles. The zero-order chi connectivity index (χ0) is 15.1. The van der Waals surface area contributed by atoms with Crippen LogP contribution in [0.15, 0.2) is 30.3 Å². The van der Waals surface area contributed by atoms with Gasteiger partial charge in [0.2, 0.25) is 0 Å². The minimum absolute atomic E-state index is 0.305. The summed E-state index contributed by atoms with van der Waals surface area (Å²) < 4.78 is 28.8. The summed E-state index contributed by atoms with van der Waals surface area (Å²) in [5.74, 6) is 0.305. The zero-order valence-electron chi connectivity index (χ0n) is 12.2. The molecule has 1 heterocycles. The van der Waals surface area contributed by atoms with E-state index in [2.05, 4.69) is 0 Å². The number of hydrogen-bond donors (Lipinski definition) is 0. The summed E-state index contributed by atoms with van der Waals surface area (Å²) in [5, 5.41) is 0. The fraction of sp³-hybridized carbons (Fsp3) is 0.600. The molecule has 1 fully saturated rings. The summed E-state index contributed by atoms with van der Waals surface area (Å²) in [4.78, 5) is 0. The molecule has 0 amide bonds. The van der Waals surface area contributed by atoms with Crippen molar-refractivity contribution in [3.05, 3.63) is 35.9 Å². The van der Waals surface area contributed by atoms with Crippen LogP contribution in [-0.2, 0) is 16.8 Å². The summed E-state index contributed by atoms with van der Waals surface area (Å²) in [6.07, 6.45) is 4.11. The van der Waals surface area contributed by atoms with E-state index < -0.39 is 10.2 Å². The van der Waals surface area contributed by atoms with E-state index in [9.17, 15) is 8.42 Å². The molecule has 0 unspecified atom stereocenters. The molecular formula is C15H23ClN2O2S. The molecule has 0 bridgehead atoms. The highest BCUT2D eigenvalue weighted by atomic mass is 35.5. The number of hydrogen-bond acceptors (Lipinski definition) is 2. The van der Waals surface area contributed by atoms with Gasteiger partial charge in [-0.05, 0) is 18.4 Å². The molecule has 4 nitrogen and oxygen atoms in total. The average Bonchev–Trinajstić information content (AvgIpc) is 2.77. The van der Waals surface area contributed by atoms with Crippen molar-refractivity contribution in [2.24, 2.45) is 0 Å². The maximum absolute atomic E-state index is 12.8. The van der Waals surface area contributed by atoms with Gasteiger partial charge in [-0.25, -0.2) is 0 Å². The van der Waals surface area contributed by atoms with E-state index in [1.807, 2.05) is 30.3 Å². The van der Waals surface area contributed by atoms with Gasteiger partial charge >= 0.3 is 0 Å². The van der Waals surface area contributed by atoms with E-state index in [-0.39, 0.29) is 0 Å². The number of nitrogens with zero attached hydrogens (tertiary/aromatic N) is 2. The normalized spacial score (nSPS) is 17.8. The van der Waals surface area contributed by atoms with Gasteiger partial charge in [-0.3, -0.25) is 0 Å². The molecule has 0 spiro atoms. The van der Waals surface area contributed by atoms with Crippen LogP contribution < -0.4 is 0 Å². The lowest BCUT2D eigenvalue weighted by molar-refractivity contribution is 0.344. The largest absolute Gasteiger partial charge is 0.282 e. The second-order valence-electron chi connectivity index (χ2n) is 5.33. The first-order chi connectivity index (χ1) is 10.1. The van der Waals surface area contributed by atoms with Gasteiger partial charge in [0, 0.05) is 32.1 Å². The lowest BCUT2D eigenvalue weighted by Gasteiger charge is -2.28. The van der Waals surface area contributed by atoms with Gasteiger partial charge in [-0.2, -0.15) is 17.0 Å². The SMILES string of the molecule is O=S(=O)(N1CCCCCC1)N(CCCl)Cc1ccccc1. The Labute approximate surface area is 132 Å². The third-order valence-corrected chi connectivity index (χ3v) is 5.90. The van der Waals surface area contributed by atoms with E-state index in [1.54, 1.807) is 4.31 Å². The summed E-state index contributed by atoms with van der Waals surface area (Å²) in [5.41, 5.74) is 0.987. The fourth-order valence-electron chi connectivity index (χ4n) is 2.59. The maximum Gasteiger partial charge on any atom is 0.282 e.